The fourth-order valence-electron chi connectivity index (χ4n) is 3.80. The largest absolute Gasteiger partial charge is 0.294 e. The Hall–Kier alpha value is -2.67. The predicted molar refractivity (Wildman–Crippen MR) is 97.5 cm³/mol. The highest BCUT2D eigenvalue weighted by atomic mass is 16.1. The molecule has 4 rings (SSSR count). The van der Waals surface area contributed by atoms with E-state index in [1.807, 2.05) is 24.3 Å². The maximum atomic E-state index is 12.4. The van der Waals surface area contributed by atoms with Crippen LogP contribution >= 0.6 is 0 Å². The van der Waals surface area contributed by atoms with Gasteiger partial charge in [0.1, 0.15) is 0 Å². The van der Waals surface area contributed by atoms with Crippen molar-refractivity contribution in [2.75, 3.05) is 0 Å². The van der Waals surface area contributed by atoms with Gasteiger partial charge in [0.05, 0.1) is 0 Å². The van der Waals surface area contributed by atoms with Gasteiger partial charge in [0.2, 0.25) is 0 Å². The molecule has 0 radical (unpaired) electrons. The minimum absolute atomic E-state index is 0.209. The first kappa shape index (κ1) is 14.9. The molecule has 0 aromatic heterocycles. The average Bonchev–Trinajstić information content (AvgIpc) is 2.89. The predicted octanol–water partition coefficient (Wildman–Crippen LogP) is 5.17. The van der Waals surface area contributed by atoms with E-state index in [1.54, 1.807) is 0 Å². The van der Waals surface area contributed by atoms with E-state index in [9.17, 15) is 4.79 Å². The Morgan fingerprint density at radius 2 is 1.42 bits per heavy atom. The third kappa shape index (κ3) is 2.46. The van der Waals surface area contributed by atoms with Crippen LogP contribution in [-0.2, 0) is 11.8 Å². The van der Waals surface area contributed by atoms with Crippen LogP contribution in [0.3, 0.4) is 0 Å². The Morgan fingerprint density at radius 1 is 0.792 bits per heavy atom. The average molecular weight is 312 g/mol. The Bertz CT molecular complexity index is 877. The number of carbonyl (C=O) groups excluding carboxylic acids is 1. The highest BCUT2D eigenvalue weighted by Gasteiger charge is 2.40. The van der Waals surface area contributed by atoms with Crippen molar-refractivity contribution < 1.29 is 4.79 Å². The second-order valence-corrected chi connectivity index (χ2v) is 6.84. The van der Waals surface area contributed by atoms with Crippen LogP contribution in [0, 0.1) is 0 Å². The van der Waals surface area contributed by atoms with E-state index >= 15 is 0 Å². The molecule has 0 bridgehead atoms. The summed E-state index contributed by atoms with van der Waals surface area (Å²) >= 11 is 0. The summed E-state index contributed by atoms with van der Waals surface area (Å²) in [5, 5.41) is 0. The normalized spacial score (nSPS) is 19.3. The Morgan fingerprint density at radius 3 is 2.17 bits per heavy atom. The Labute approximate surface area is 143 Å². The number of ketones is 1. The Kier molecular flexibility index (Phi) is 3.57. The van der Waals surface area contributed by atoms with Crippen LogP contribution in [0.15, 0.2) is 78.9 Å². The number of rotatable bonds is 3. The molecule has 118 valence electrons. The molecule has 1 heteroatoms. The first-order valence-corrected chi connectivity index (χ1v) is 8.43. The molecule has 0 heterocycles. The van der Waals surface area contributed by atoms with Crippen molar-refractivity contribution in [1.29, 1.82) is 0 Å². The topological polar surface area (TPSA) is 17.1 Å². The van der Waals surface area contributed by atoms with E-state index in [1.165, 1.54) is 16.7 Å². The summed E-state index contributed by atoms with van der Waals surface area (Å²) in [6.45, 7) is 2.18. The molecule has 1 nitrogen and oxygen atoms in total. The van der Waals surface area contributed by atoms with E-state index in [0.29, 0.717) is 6.42 Å². The lowest BCUT2D eigenvalue weighted by molar-refractivity contribution is 0.0982. The number of carbonyl (C=O) groups is 1. The van der Waals surface area contributed by atoms with E-state index in [2.05, 4.69) is 61.5 Å². The Balaban J connectivity index is 1.65. The van der Waals surface area contributed by atoms with E-state index in [4.69, 9.17) is 0 Å². The summed E-state index contributed by atoms with van der Waals surface area (Å²) < 4.78 is 0. The van der Waals surface area contributed by atoms with Crippen LogP contribution in [0.25, 0.3) is 0 Å². The van der Waals surface area contributed by atoms with Gasteiger partial charge in [-0.1, -0.05) is 85.8 Å². The monoisotopic (exact) mass is 312 g/mol. The minimum atomic E-state index is -0.209. The zero-order valence-corrected chi connectivity index (χ0v) is 13.8. The maximum absolute atomic E-state index is 12.4. The maximum Gasteiger partial charge on any atom is 0.164 e. The van der Waals surface area contributed by atoms with Crippen LogP contribution < -0.4 is 0 Å². The number of fused-ring (bicyclic) bond motifs is 1. The molecule has 0 amide bonds. The van der Waals surface area contributed by atoms with Gasteiger partial charge in [-0.3, -0.25) is 4.79 Å². The molecule has 0 fully saturated rings. The molecule has 0 aliphatic heterocycles. The lowest BCUT2D eigenvalue weighted by Crippen LogP contribution is -2.20. The first-order chi connectivity index (χ1) is 11.7. The highest BCUT2D eigenvalue weighted by molar-refractivity contribution is 6.02. The SMILES string of the molecule is CC1(c2ccc(Cc3ccccc3)cc2)CC(=O)c2ccccc21. The summed E-state index contributed by atoms with van der Waals surface area (Å²) in [6.07, 6.45) is 1.50. The van der Waals surface area contributed by atoms with Crippen molar-refractivity contribution in [2.24, 2.45) is 0 Å². The standard InChI is InChI=1S/C23H20O/c1-23(16-22(24)20-9-5-6-10-21(20)23)19-13-11-18(12-14-19)15-17-7-3-2-4-8-17/h2-14H,15-16H2,1H3. The third-order valence-corrected chi connectivity index (χ3v) is 5.18. The first-order valence-electron chi connectivity index (χ1n) is 8.43. The molecular formula is C23H20O. The quantitative estimate of drug-likeness (QED) is 0.652. The molecule has 0 N–H and O–H groups in total. The van der Waals surface area contributed by atoms with Gasteiger partial charge in [-0.05, 0) is 28.7 Å². The smallest absolute Gasteiger partial charge is 0.164 e. The number of benzene rings is 3. The molecule has 0 saturated heterocycles. The van der Waals surface area contributed by atoms with Crippen LogP contribution in [-0.4, -0.2) is 5.78 Å². The fraction of sp³-hybridized carbons (Fsp3) is 0.174. The van der Waals surface area contributed by atoms with Crippen molar-refractivity contribution >= 4 is 5.78 Å². The zero-order valence-electron chi connectivity index (χ0n) is 13.8. The minimum Gasteiger partial charge on any atom is -0.294 e. The van der Waals surface area contributed by atoms with Crippen LogP contribution in [0.1, 0.15) is 46.0 Å². The summed E-state index contributed by atoms with van der Waals surface area (Å²) in [4.78, 5) is 12.4. The second kappa shape index (κ2) is 5.76. The second-order valence-electron chi connectivity index (χ2n) is 6.84. The molecular weight excluding hydrogens is 292 g/mol. The van der Waals surface area contributed by atoms with E-state index in [-0.39, 0.29) is 11.2 Å². The molecule has 24 heavy (non-hydrogen) atoms. The number of hydrogen-bond acceptors (Lipinski definition) is 1. The van der Waals surface area contributed by atoms with Gasteiger partial charge in [0.15, 0.2) is 5.78 Å². The molecule has 1 aliphatic carbocycles. The van der Waals surface area contributed by atoms with Crippen LogP contribution in [0.2, 0.25) is 0 Å². The fourth-order valence-corrected chi connectivity index (χ4v) is 3.80. The lowest BCUT2D eigenvalue weighted by Gasteiger charge is -2.25. The van der Waals surface area contributed by atoms with Gasteiger partial charge >= 0.3 is 0 Å². The third-order valence-electron chi connectivity index (χ3n) is 5.18. The van der Waals surface area contributed by atoms with Gasteiger partial charge in [0, 0.05) is 17.4 Å². The van der Waals surface area contributed by atoms with Gasteiger partial charge in [-0.25, -0.2) is 0 Å². The summed E-state index contributed by atoms with van der Waals surface area (Å²) in [5.74, 6) is 0.251. The van der Waals surface area contributed by atoms with Crippen molar-refractivity contribution in [1.82, 2.24) is 0 Å². The van der Waals surface area contributed by atoms with Gasteiger partial charge < -0.3 is 0 Å². The van der Waals surface area contributed by atoms with Crippen molar-refractivity contribution in [2.45, 2.75) is 25.2 Å². The highest BCUT2D eigenvalue weighted by Crippen LogP contribution is 2.43. The molecule has 1 aliphatic rings. The van der Waals surface area contributed by atoms with Gasteiger partial charge in [-0.2, -0.15) is 0 Å². The van der Waals surface area contributed by atoms with Crippen LogP contribution in [0.4, 0.5) is 0 Å². The number of Topliss-reactive ketones (excluding diaryl/α,β-unsaturated/α-hetero) is 1. The molecule has 1 atom stereocenters. The molecule has 3 aromatic carbocycles. The van der Waals surface area contributed by atoms with Crippen LogP contribution in [0.5, 0.6) is 0 Å². The molecule has 1 unspecified atom stereocenters. The summed E-state index contributed by atoms with van der Waals surface area (Å²) in [6, 6.07) is 27.3. The van der Waals surface area contributed by atoms with Gasteiger partial charge in [0.25, 0.3) is 0 Å². The van der Waals surface area contributed by atoms with E-state index in [0.717, 1.165) is 17.5 Å². The molecule has 0 saturated carbocycles. The number of hydrogen-bond donors (Lipinski definition) is 0. The van der Waals surface area contributed by atoms with Crippen molar-refractivity contribution in [3.8, 4) is 0 Å². The van der Waals surface area contributed by atoms with Crippen molar-refractivity contribution in [3.05, 3.63) is 107 Å². The van der Waals surface area contributed by atoms with Gasteiger partial charge in [-0.15, -0.1) is 0 Å². The van der Waals surface area contributed by atoms with Crippen molar-refractivity contribution in [3.63, 3.8) is 0 Å². The zero-order chi connectivity index (χ0) is 16.6. The summed E-state index contributed by atoms with van der Waals surface area (Å²) in [5.41, 5.74) is 5.67. The summed E-state index contributed by atoms with van der Waals surface area (Å²) in [7, 11) is 0. The molecule has 0 spiro atoms. The molecule has 3 aromatic rings. The lowest BCUT2D eigenvalue weighted by atomic mass is 9.77. The van der Waals surface area contributed by atoms with E-state index < -0.39 is 0 Å².